The van der Waals surface area contributed by atoms with E-state index < -0.39 is 23.2 Å². The summed E-state index contributed by atoms with van der Waals surface area (Å²) in [7, 11) is 0. The molecule has 0 radical (unpaired) electrons. The van der Waals surface area contributed by atoms with Gasteiger partial charge in [-0.15, -0.1) is 0 Å². The zero-order valence-electron chi connectivity index (χ0n) is 17.9. The van der Waals surface area contributed by atoms with Crippen LogP contribution in [0.25, 0.3) is 0 Å². The van der Waals surface area contributed by atoms with E-state index in [1.165, 1.54) is 6.92 Å². The van der Waals surface area contributed by atoms with Crippen LogP contribution in [-0.2, 0) is 16.4 Å². The average Bonchev–Trinajstić information content (AvgIpc) is 3.22. The average molecular weight is 486 g/mol. The lowest BCUT2D eigenvalue weighted by Gasteiger charge is -2.29. The third-order valence-electron chi connectivity index (χ3n) is 5.70. The Morgan fingerprint density at radius 1 is 0.971 bits per heavy atom. The number of Topliss-reactive ketones (excluding diaryl/α,β-unsaturated/α-hetero) is 1. The van der Waals surface area contributed by atoms with Gasteiger partial charge in [0.05, 0.1) is 17.8 Å². The van der Waals surface area contributed by atoms with Crippen molar-refractivity contribution in [3.63, 3.8) is 0 Å². The second-order valence-corrected chi connectivity index (χ2v) is 8.28. The van der Waals surface area contributed by atoms with Crippen LogP contribution in [0.5, 0.6) is 0 Å². The molecule has 0 spiro atoms. The van der Waals surface area contributed by atoms with Crippen LogP contribution in [-0.4, -0.2) is 29.1 Å². The van der Waals surface area contributed by atoms with Gasteiger partial charge in [-0.1, -0.05) is 54.1 Å². The fourth-order valence-corrected chi connectivity index (χ4v) is 4.06. The molecule has 0 aliphatic carbocycles. The van der Waals surface area contributed by atoms with E-state index in [0.717, 1.165) is 29.3 Å². The summed E-state index contributed by atoms with van der Waals surface area (Å²) in [6.07, 6.45) is -4.48. The number of urea groups is 1. The van der Waals surface area contributed by atoms with Gasteiger partial charge in [-0.25, -0.2) is 9.80 Å². The minimum atomic E-state index is -4.48. The summed E-state index contributed by atoms with van der Waals surface area (Å²) in [5.74, 6) is -0.211. The molecule has 4 rings (SSSR count). The van der Waals surface area contributed by atoms with Crippen LogP contribution in [0.2, 0.25) is 5.02 Å². The van der Waals surface area contributed by atoms with Crippen LogP contribution in [0.4, 0.5) is 23.7 Å². The van der Waals surface area contributed by atoms with Gasteiger partial charge in [0.25, 0.3) is 0 Å². The molecule has 1 N–H and O–H groups in total. The van der Waals surface area contributed by atoms with Crippen LogP contribution in [0, 0.1) is 0 Å². The van der Waals surface area contributed by atoms with Crippen LogP contribution in [0.15, 0.2) is 84.0 Å². The van der Waals surface area contributed by atoms with Gasteiger partial charge in [0.15, 0.2) is 0 Å². The molecular weight excluding hydrogens is 467 g/mol. The Labute approximate surface area is 198 Å². The molecule has 5 nitrogen and oxygen atoms in total. The van der Waals surface area contributed by atoms with E-state index in [-0.39, 0.29) is 18.0 Å². The van der Waals surface area contributed by atoms with Crippen LogP contribution < -0.4 is 5.32 Å². The summed E-state index contributed by atoms with van der Waals surface area (Å²) in [6, 6.07) is 19.2. The van der Waals surface area contributed by atoms with Gasteiger partial charge >= 0.3 is 12.2 Å². The number of halogens is 4. The molecule has 3 aromatic rings. The van der Waals surface area contributed by atoms with Crippen molar-refractivity contribution in [1.82, 2.24) is 5.01 Å². The van der Waals surface area contributed by atoms with Crippen molar-refractivity contribution in [2.75, 3.05) is 11.9 Å². The standard InChI is InChI=1S/C25H19ClF3N3O2/c1-16(33)24(18-5-3-2-4-6-18)15-32(31-22(24)17-7-11-20(26)12-8-17)23(34)30-21-13-9-19(10-14-21)25(27,28)29/h2-14H,15H2,1H3,(H,30,34). The predicted molar refractivity (Wildman–Crippen MR) is 124 cm³/mol. The highest BCUT2D eigenvalue weighted by atomic mass is 35.5. The zero-order chi connectivity index (χ0) is 24.5. The van der Waals surface area contributed by atoms with E-state index in [1.807, 2.05) is 6.07 Å². The number of nitrogens with one attached hydrogen (secondary N) is 1. The first-order chi connectivity index (χ1) is 16.1. The highest BCUT2D eigenvalue weighted by Gasteiger charge is 2.50. The molecule has 9 heteroatoms. The first-order valence-corrected chi connectivity index (χ1v) is 10.7. The van der Waals surface area contributed by atoms with Crippen LogP contribution in [0.1, 0.15) is 23.6 Å². The summed E-state index contributed by atoms with van der Waals surface area (Å²) < 4.78 is 38.5. The van der Waals surface area contributed by atoms with E-state index in [9.17, 15) is 22.8 Å². The lowest BCUT2D eigenvalue weighted by Crippen LogP contribution is -2.46. The topological polar surface area (TPSA) is 61.8 Å². The highest BCUT2D eigenvalue weighted by molar-refractivity contribution is 6.31. The second-order valence-electron chi connectivity index (χ2n) is 7.85. The number of carbonyl (C=O) groups is 2. The Morgan fingerprint density at radius 3 is 2.15 bits per heavy atom. The van der Waals surface area contributed by atoms with E-state index in [4.69, 9.17) is 11.6 Å². The normalized spacial score (nSPS) is 17.9. The summed E-state index contributed by atoms with van der Waals surface area (Å²) in [4.78, 5) is 26.1. The Balaban J connectivity index is 1.71. The van der Waals surface area contributed by atoms with Crippen molar-refractivity contribution in [3.05, 3.63) is 101 Å². The minimum absolute atomic E-state index is 0.0726. The van der Waals surface area contributed by atoms with Crippen molar-refractivity contribution in [2.45, 2.75) is 18.5 Å². The van der Waals surface area contributed by atoms with Gasteiger partial charge in [-0.2, -0.15) is 18.3 Å². The van der Waals surface area contributed by atoms with Gasteiger partial charge in [0.2, 0.25) is 0 Å². The number of ketones is 1. The Kier molecular flexibility index (Phi) is 6.18. The van der Waals surface area contributed by atoms with Crippen molar-refractivity contribution in [1.29, 1.82) is 0 Å². The number of hydrazone groups is 1. The number of carbonyl (C=O) groups excluding carboxylic acids is 2. The molecule has 0 fully saturated rings. The Morgan fingerprint density at radius 2 is 1.59 bits per heavy atom. The first-order valence-electron chi connectivity index (χ1n) is 10.3. The predicted octanol–water partition coefficient (Wildman–Crippen LogP) is 6.14. The van der Waals surface area contributed by atoms with Gasteiger partial charge < -0.3 is 5.32 Å². The van der Waals surface area contributed by atoms with E-state index >= 15 is 0 Å². The maximum atomic E-state index is 13.1. The van der Waals surface area contributed by atoms with Crippen LogP contribution >= 0.6 is 11.6 Å². The van der Waals surface area contributed by atoms with E-state index in [0.29, 0.717) is 21.9 Å². The molecule has 2 amide bonds. The number of nitrogens with zero attached hydrogens (tertiary/aromatic N) is 2. The number of rotatable bonds is 4. The Hall–Kier alpha value is -3.65. The second kappa shape index (κ2) is 8.95. The summed E-state index contributed by atoms with van der Waals surface area (Å²) in [5, 5.41) is 8.67. The molecule has 34 heavy (non-hydrogen) atoms. The summed E-state index contributed by atoms with van der Waals surface area (Å²) >= 11 is 6.03. The van der Waals surface area contributed by atoms with Gasteiger partial charge in [0.1, 0.15) is 11.2 Å². The number of amides is 2. The molecule has 0 aromatic heterocycles. The molecule has 3 aromatic carbocycles. The lowest BCUT2D eigenvalue weighted by atomic mass is 9.71. The SMILES string of the molecule is CC(=O)C1(c2ccccc2)CN(C(=O)Nc2ccc(C(F)(F)F)cc2)N=C1c1ccc(Cl)cc1. The van der Waals surface area contributed by atoms with E-state index in [1.54, 1.807) is 48.5 Å². The molecule has 0 saturated heterocycles. The molecule has 0 bridgehead atoms. The molecule has 1 unspecified atom stereocenters. The maximum absolute atomic E-state index is 13.1. The number of alkyl halides is 3. The fraction of sp³-hybridized carbons (Fsp3) is 0.160. The largest absolute Gasteiger partial charge is 0.416 e. The van der Waals surface area contributed by atoms with Crippen molar-refractivity contribution in [3.8, 4) is 0 Å². The van der Waals surface area contributed by atoms with Crippen LogP contribution in [0.3, 0.4) is 0 Å². The summed E-state index contributed by atoms with van der Waals surface area (Å²) in [5.41, 5.74) is -0.220. The number of hydrogen-bond donors (Lipinski definition) is 1. The molecule has 1 aliphatic rings. The maximum Gasteiger partial charge on any atom is 0.416 e. The molecular formula is C25H19ClF3N3O2. The smallest absolute Gasteiger partial charge is 0.306 e. The minimum Gasteiger partial charge on any atom is -0.306 e. The van der Waals surface area contributed by atoms with E-state index in [2.05, 4.69) is 10.4 Å². The third kappa shape index (κ3) is 4.41. The summed E-state index contributed by atoms with van der Waals surface area (Å²) in [6.45, 7) is 1.37. The molecule has 1 heterocycles. The van der Waals surface area contributed by atoms with Gasteiger partial charge in [-0.05, 0) is 54.4 Å². The molecule has 1 atom stereocenters. The highest BCUT2D eigenvalue weighted by Crippen LogP contribution is 2.37. The first kappa shape index (κ1) is 23.5. The van der Waals surface area contributed by atoms with Gasteiger partial charge in [0, 0.05) is 10.7 Å². The number of anilines is 1. The Bertz CT molecular complexity index is 1240. The van der Waals surface area contributed by atoms with Gasteiger partial charge in [-0.3, -0.25) is 4.79 Å². The molecule has 0 saturated carbocycles. The van der Waals surface area contributed by atoms with Crippen molar-refractivity contribution >= 4 is 34.8 Å². The van der Waals surface area contributed by atoms with Crippen molar-refractivity contribution in [2.24, 2.45) is 5.10 Å². The number of benzene rings is 3. The fourth-order valence-electron chi connectivity index (χ4n) is 3.93. The zero-order valence-corrected chi connectivity index (χ0v) is 18.7. The third-order valence-corrected chi connectivity index (χ3v) is 5.95. The van der Waals surface area contributed by atoms with Crippen molar-refractivity contribution < 1.29 is 22.8 Å². The number of hydrogen-bond acceptors (Lipinski definition) is 3. The molecule has 174 valence electrons. The monoisotopic (exact) mass is 485 g/mol. The quantitative estimate of drug-likeness (QED) is 0.482. The molecule has 1 aliphatic heterocycles. The lowest BCUT2D eigenvalue weighted by molar-refractivity contribution is -0.137.